The van der Waals surface area contributed by atoms with Gasteiger partial charge in [0.15, 0.2) is 0 Å². The molecule has 0 aromatic heterocycles. The number of hydrogen-bond acceptors (Lipinski definition) is 3. The number of anilines is 1. The number of benzene rings is 1. The van der Waals surface area contributed by atoms with Crippen LogP contribution in [0.5, 0.6) is 0 Å². The van der Waals surface area contributed by atoms with Crippen molar-refractivity contribution < 1.29 is 4.79 Å². The van der Waals surface area contributed by atoms with E-state index in [2.05, 4.69) is 16.8 Å². The zero-order valence-electron chi connectivity index (χ0n) is 12.8. The average Bonchev–Trinajstić information content (AvgIpc) is 2.49. The van der Waals surface area contributed by atoms with Gasteiger partial charge in [-0.05, 0) is 56.5 Å². The second-order valence-electron chi connectivity index (χ2n) is 6.50. The Morgan fingerprint density at radius 2 is 2.00 bits per heavy atom. The number of rotatable bonds is 2. The number of hydrogen-bond donors (Lipinski definition) is 1. The summed E-state index contributed by atoms with van der Waals surface area (Å²) in [6.07, 6.45) is 4.14. The standard InChI is InChI=1S/C17H25N3O/c1-19-9-2-3-14-12-20(10-8-16(14)19)17(21)11-13-4-6-15(18)7-5-13/h4-7,14,16H,2-3,8-12,18H2,1H3. The van der Waals surface area contributed by atoms with Gasteiger partial charge in [-0.2, -0.15) is 0 Å². The molecule has 2 N–H and O–H groups in total. The van der Waals surface area contributed by atoms with Crippen molar-refractivity contribution in [3.63, 3.8) is 0 Å². The molecule has 4 heteroatoms. The van der Waals surface area contributed by atoms with E-state index in [1.807, 2.05) is 24.3 Å². The largest absolute Gasteiger partial charge is 0.399 e. The van der Waals surface area contributed by atoms with Gasteiger partial charge in [-0.1, -0.05) is 12.1 Å². The Labute approximate surface area is 126 Å². The number of nitrogens with two attached hydrogens (primary N) is 1. The van der Waals surface area contributed by atoms with Gasteiger partial charge in [0.1, 0.15) is 0 Å². The molecule has 2 heterocycles. The molecule has 0 spiro atoms. The first-order valence-electron chi connectivity index (χ1n) is 7.96. The highest BCUT2D eigenvalue weighted by atomic mass is 16.2. The van der Waals surface area contributed by atoms with E-state index in [1.54, 1.807) is 0 Å². The van der Waals surface area contributed by atoms with Crippen molar-refractivity contribution in [3.05, 3.63) is 29.8 Å². The lowest BCUT2D eigenvalue weighted by Crippen LogP contribution is -2.54. The Kier molecular flexibility index (Phi) is 4.15. The summed E-state index contributed by atoms with van der Waals surface area (Å²) in [5.74, 6) is 0.916. The summed E-state index contributed by atoms with van der Waals surface area (Å²) in [7, 11) is 2.22. The highest BCUT2D eigenvalue weighted by Gasteiger charge is 2.35. The van der Waals surface area contributed by atoms with Crippen molar-refractivity contribution in [3.8, 4) is 0 Å². The van der Waals surface area contributed by atoms with Crippen LogP contribution in [0.2, 0.25) is 0 Å². The van der Waals surface area contributed by atoms with Crippen LogP contribution in [0.4, 0.5) is 5.69 Å². The summed E-state index contributed by atoms with van der Waals surface area (Å²) in [5.41, 5.74) is 7.49. The maximum Gasteiger partial charge on any atom is 0.227 e. The van der Waals surface area contributed by atoms with Crippen LogP contribution >= 0.6 is 0 Å². The van der Waals surface area contributed by atoms with Gasteiger partial charge in [-0.15, -0.1) is 0 Å². The minimum atomic E-state index is 0.256. The molecular weight excluding hydrogens is 262 g/mol. The van der Waals surface area contributed by atoms with Gasteiger partial charge >= 0.3 is 0 Å². The molecule has 0 bridgehead atoms. The fourth-order valence-electron chi connectivity index (χ4n) is 3.80. The van der Waals surface area contributed by atoms with E-state index in [-0.39, 0.29) is 5.91 Å². The maximum absolute atomic E-state index is 12.5. The molecule has 21 heavy (non-hydrogen) atoms. The monoisotopic (exact) mass is 287 g/mol. The zero-order chi connectivity index (χ0) is 14.8. The van der Waals surface area contributed by atoms with E-state index >= 15 is 0 Å². The number of fused-ring (bicyclic) bond motifs is 1. The first kappa shape index (κ1) is 14.4. The highest BCUT2D eigenvalue weighted by molar-refractivity contribution is 5.79. The van der Waals surface area contributed by atoms with Crippen molar-refractivity contribution in [1.82, 2.24) is 9.80 Å². The van der Waals surface area contributed by atoms with Crippen LogP contribution in [0.1, 0.15) is 24.8 Å². The molecule has 1 aromatic rings. The Morgan fingerprint density at radius 3 is 2.76 bits per heavy atom. The minimum Gasteiger partial charge on any atom is -0.399 e. The van der Waals surface area contributed by atoms with E-state index in [1.165, 1.54) is 19.4 Å². The van der Waals surface area contributed by atoms with Crippen molar-refractivity contribution in [2.45, 2.75) is 31.7 Å². The van der Waals surface area contributed by atoms with Gasteiger partial charge in [0, 0.05) is 24.8 Å². The number of nitrogen functional groups attached to an aromatic ring is 1. The van der Waals surface area contributed by atoms with Crippen molar-refractivity contribution in [2.24, 2.45) is 5.92 Å². The first-order chi connectivity index (χ1) is 10.1. The van der Waals surface area contributed by atoms with Crippen molar-refractivity contribution in [1.29, 1.82) is 0 Å². The van der Waals surface area contributed by atoms with Crippen LogP contribution in [0.15, 0.2) is 24.3 Å². The van der Waals surface area contributed by atoms with Crippen LogP contribution in [0.3, 0.4) is 0 Å². The normalized spacial score (nSPS) is 26.4. The number of carbonyl (C=O) groups is 1. The number of nitrogens with zero attached hydrogens (tertiary/aromatic N) is 2. The van der Waals surface area contributed by atoms with Gasteiger partial charge in [-0.25, -0.2) is 0 Å². The van der Waals surface area contributed by atoms with Crippen LogP contribution in [0.25, 0.3) is 0 Å². The molecule has 0 aliphatic carbocycles. The van der Waals surface area contributed by atoms with Gasteiger partial charge in [0.25, 0.3) is 0 Å². The third kappa shape index (κ3) is 3.21. The fourth-order valence-corrected chi connectivity index (χ4v) is 3.80. The average molecular weight is 287 g/mol. The van der Waals surface area contributed by atoms with E-state index in [0.29, 0.717) is 18.4 Å². The van der Waals surface area contributed by atoms with Crippen LogP contribution in [0, 0.1) is 5.92 Å². The van der Waals surface area contributed by atoms with Gasteiger partial charge in [-0.3, -0.25) is 4.79 Å². The Bertz CT molecular complexity index is 499. The van der Waals surface area contributed by atoms with E-state index < -0.39 is 0 Å². The fraction of sp³-hybridized carbons (Fsp3) is 0.588. The van der Waals surface area contributed by atoms with Gasteiger partial charge in [0.05, 0.1) is 6.42 Å². The zero-order valence-corrected chi connectivity index (χ0v) is 12.8. The molecule has 4 nitrogen and oxygen atoms in total. The Morgan fingerprint density at radius 1 is 1.24 bits per heavy atom. The van der Waals surface area contributed by atoms with Crippen molar-refractivity contribution >= 4 is 11.6 Å². The molecular formula is C17H25N3O. The lowest BCUT2D eigenvalue weighted by Gasteiger charge is -2.46. The molecule has 114 valence electrons. The summed E-state index contributed by atoms with van der Waals surface area (Å²) in [6, 6.07) is 8.32. The lowest BCUT2D eigenvalue weighted by atomic mass is 9.84. The molecule has 2 atom stereocenters. The lowest BCUT2D eigenvalue weighted by molar-refractivity contribution is -0.134. The Hall–Kier alpha value is -1.55. The van der Waals surface area contributed by atoms with E-state index in [0.717, 1.165) is 30.8 Å². The van der Waals surface area contributed by atoms with Crippen LogP contribution in [-0.4, -0.2) is 48.4 Å². The molecule has 1 aromatic carbocycles. The van der Waals surface area contributed by atoms with Gasteiger partial charge in [0.2, 0.25) is 5.91 Å². The summed E-state index contributed by atoms with van der Waals surface area (Å²) < 4.78 is 0. The summed E-state index contributed by atoms with van der Waals surface area (Å²) in [5, 5.41) is 0. The maximum atomic E-state index is 12.5. The highest BCUT2D eigenvalue weighted by Crippen LogP contribution is 2.29. The number of likely N-dealkylation sites (tertiary alicyclic amines) is 2. The Balaban J connectivity index is 1.60. The topological polar surface area (TPSA) is 49.6 Å². The SMILES string of the molecule is CN1CCCC2CN(C(=O)Cc3ccc(N)cc3)CCC21. The van der Waals surface area contributed by atoms with Crippen LogP contribution in [-0.2, 0) is 11.2 Å². The second kappa shape index (κ2) is 6.06. The number of piperidine rings is 2. The third-order valence-electron chi connectivity index (χ3n) is 5.03. The number of carbonyl (C=O) groups excluding carboxylic acids is 1. The molecule has 0 saturated carbocycles. The smallest absolute Gasteiger partial charge is 0.227 e. The summed E-state index contributed by atoms with van der Waals surface area (Å²) in [6.45, 7) is 3.04. The molecule has 0 radical (unpaired) electrons. The number of amides is 1. The minimum absolute atomic E-state index is 0.256. The molecule has 2 unspecified atom stereocenters. The van der Waals surface area contributed by atoms with E-state index in [9.17, 15) is 4.79 Å². The quantitative estimate of drug-likeness (QED) is 0.843. The van der Waals surface area contributed by atoms with Gasteiger partial charge < -0.3 is 15.5 Å². The molecule has 2 fully saturated rings. The third-order valence-corrected chi connectivity index (χ3v) is 5.03. The first-order valence-corrected chi connectivity index (χ1v) is 7.96. The molecule has 1 amide bonds. The molecule has 2 saturated heterocycles. The molecule has 2 aliphatic heterocycles. The van der Waals surface area contributed by atoms with E-state index in [4.69, 9.17) is 5.73 Å². The second-order valence-corrected chi connectivity index (χ2v) is 6.50. The predicted molar refractivity (Wildman–Crippen MR) is 84.9 cm³/mol. The molecule has 2 aliphatic rings. The summed E-state index contributed by atoms with van der Waals surface area (Å²) in [4.78, 5) is 17.0. The van der Waals surface area contributed by atoms with Crippen LogP contribution < -0.4 is 5.73 Å². The predicted octanol–water partition coefficient (Wildman–Crippen LogP) is 1.75. The van der Waals surface area contributed by atoms with Crippen molar-refractivity contribution in [2.75, 3.05) is 32.4 Å². The molecule has 3 rings (SSSR count). The summed E-state index contributed by atoms with van der Waals surface area (Å²) >= 11 is 0.